The molecular weight excluding hydrogens is 172 g/mol. The summed E-state index contributed by atoms with van der Waals surface area (Å²) < 4.78 is 4.92. The van der Waals surface area contributed by atoms with Crippen LogP contribution in [0.5, 0.6) is 0 Å². The van der Waals surface area contributed by atoms with Crippen LogP contribution in [0.15, 0.2) is 6.20 Å². The van der Waals surface area contributed by atoms with Gasteiger partial charge in [0.15, 0.2) is 5.41 Å². The summed E-state index contributed by atoms with van der Waals surface area (Å²) in [5.74, 6) is -0.392. The van der Waals surface area contributed by atoms with Crippen molar-refractivity contribution in [3.63, 3.8) is 0 Å². The molecule has 2 heterocycles. The van der Waals surface area contributed by atoms with E-state index in [0.29, 0.717) is 5.82 Å². The van der Waals surface area contributed by atoms with Crippen LogP contribution in [0.1, 0.15) is 11.5 Å². The first-order chi connectivity index (χ1) is 6.15. The zero-order valence-electron chi connectivity index (χ0n) is 7.20. The number of rotatable bonds is 2. The van der Waals surface area contributed by atoms with Gasteiger partial charge in [-0.15, -0.1) is 0 Å². The van der Waals surface area contributed by atoms with Gasteiger partial charge in [-0.05, 0) is 6.92 Å². The minimum Gasteiger partial charge on any atom is -0.480 e. The third-order valence-electron chi connectivity index (χ3n) is 2.26. The number of carbonyl (C=O) groups is 1. The summed E-state index contributed by atoms with van der Waals surface area (Å²) in [5.41, 5.74) is -0.0728. The van der Waals surface area contributed by atoms with Gasteiger partial charge >= 0.3 is 5.97 Å². The van der Waals surface area contributed by atoms with E-state index < -0.39 is 11.4 Å². The molecule has 0 saturated carbocycles. The van der Waals surface area contributed by atoms with E-state index in [1.807, 2.05) is 6.92 Å². The Kier molecular flexibility index (Phi) is 1.63. The molecule has 2 N–H and O–H groups in total. The highest BCUT2D eigenvalue weighted by atomic mass is 16.5. The molecule has 1 saturated heterocycles. The molecule has 0 radical (unpaired) electrons. The Hall–Kier alpha value is -1.36. The smallest absolute Gasteiger partial charge is 0.322 e. The van der Waals surface area contributed by atoms with Crippen molar-refractivity contribution in [1.29, 1.82) is 0 Å². The van der Waals surface area contributed by atoms with Gasteiger partial charge in [-0.25, -0.2) is 4.98 Å². The maximum absolute atomic E-state index is 11.0. The van der Waals surface area contributed by atoms with E-state index in [1.54, 1.807) is 6.20 Å². The Morgan fingerprint density at radius 1 is 1.77 bits per heavy atom. The molecular formula is C8H10N2O3. The Bertz CT molecular complexity index is 341. The predicted octanol–water partition coefficient (Wildman–Crippen LogP) is 0.0707. The number of hydrogen-bond acceptors (Lipinski definition) is 3. The van der Waals surface area contributed by atoms with Crippen LogP contribution in [0.3, 0.4) is 0 Å². The average molecular weight is 182 g/mol. The average Bonchev–Trinajstić information content (AvgIpc) is 2.32. The summed E-state index contributed by atoms with van der Waals surface area (Å²) in [5, 5.41) is 9.01. The number of aromatic amines is 1. The minimum atomic E-state index is -0.936. The second-order valence-electron chi connectivity index (χ2n) is 3.29. The van der Waals surface area contributed by atoms with E-state index in [4.69, 9.17) is 9.84 Å². The van der Waals surface area contributed by atoms with Gasteiger partial charge in [0.25, 0.3) is 0 Å². The van der Waals surface area contributed by atoms with Crippen molar-refractivity contribution in [3.05, 3.63) is 17.7 Å². The topological polar surface area (TPSA) is 75.2 Å². The molecule has 0 atom stereocenters. The van der Waals surface area contributed by atoms with Gasteiger partial charge in [0.05, 0.1) is 13.2 Å². The molecule has 5 heteroatoms. The van der Waals surface area contributed by atoms with Crippen molar-refractivity contribution in [2.45, 2.75) is 12.3 Å². The first-order valence-corrected chi connectivity index (χ1v) is 3.98. The Morgan fingerprint density at radius 2 is 2.46 bits per heavy atom. The zero-order valence-corrected chi connectivity index (χ0v) is 7.20. The van der Waals surface area contributed by atoms with Crippen molar-refractivity contribution in [2.75, 3.05) is 13.2 Å². The quantitative estimate of drug-likeness (QED) is 0.678. The number of hydrogen-bond donors (Lipinski definition) is 2. The first-order valence-electron chi connectivity index (χ1n) is 3.98. The number of nitrogens with zero attached hydrogens (tertiary/aromatic N) is 1. The van der Waals surface area contributed by atoms with E-state index >= 15 is 0 Å². The van der Waals surface area contributed by atoms with Crippen molar-refractivity contribution in [1.82, 2.24) is 9.97 Å². The fourth-order valence-electron chi connectivity index (χ4n) is 1.32. The highest BCUT2D eigenvalue weighted by molar-refractivity contribution is 5.81. The normalized spacial score (nSPS) is 19.5. The molecule has 0 aliphatic carbocycles. The van der Waals surface area contributed by atoms with Crippen LogP contribution in [-0.2, 0) is 14.9 Å². The van der Waals surface area contributed by atoms with Crippen molar-refractivity contribution in [2.24, 2.45) is 0 Å². The molecule has 1 aliphatic heterocycles. The summed E-state index contributed by atoms with van der Waals surface area (Å²) in [7, 11) is 0. The van der Waals surface area contributed by atoms with Crippen LogP contribution < -0.4 is 0 Å². The van der Waals surface area contributed by atoms with Gasteiger partial charge in [0.2, 0.25) is 0 Å². The van der Waals surface area contributed by atoms with Crippen molar-refractivity contribution < 1.29 is 14.6 Å². The lowest BCUT2D eigenvalue weighted by Crippen LogP contribution is -2.53. The van der Waals surface area contributed by atoms with Crippen LogP contribution >= 0.6 is 0 Å². The maximum Gasteiger partial charge on any atom is 0.322 e. The maximum atomic E-state index is 11.0. The molecule has 2 rings (SSSR count). The molecule has 1 aromatic heterocycles. The van der Waals surface area contributed by atoms with Crippen LogP contribution in [0, 0.1) is 6.92 Å². The number of H-pyrrole nitrogens is 1. The van der Waals surface area contributed by atoms with E-state index in [2.05, 4.69) is 9.97 Å². The molecule has 1 aromatic rings. The second-order valence-corrected chi connectivity index (χ2v) is 3.29. The Balaban J connectivity index is 2.37. The lowest BCUT2D eigenvalue weighted by atomic mass is 9.85. The highest BCUT2D eigenvalue weighted by Crippen LogP contribution is 2.30. The van der Waals surface area contributed by atoms with Crippen LogP contribution in [0.2, 0.25) is 0 Å². The van der Waals surface area contributed by atoms with Crippen molar-refractivity contribution in [3.8, 4) is 0 Å². The third-order valence-corrected chi connectivity index (χ3v) is 2.26. The molecule has 1 fully saturated rings. The lowest BCUT2D eigenvalue weighted by molar-refractivity contribution is -0.163. The molecule has 70 valence electrons. The monoisotopic (exact) mass is 182 g/mol. The highest BCUT2D eigenvalue weighted by Gasteiger charge is 2.50. The number of imidazole rings is 1. The predicted molar refractivity (Wildman–Crippen MR) is 43.5 cm³/mol. The van der Waals surface area contributed by atoms with Gasteiger partial charge in [-0.3, -0.25) is 4.79 Å². The van der Waals surface area contributed by atoms with E-state index in [1.165, 1.54) is 0 Å². The molecule has 0 bridgehead atoms. The summed E-state index contributed by atoms with van der Waals surface area (Å²) in [6, 6.07) is 0. The van der Waals surface area contributed by atoms with E-state index in [9.17, 15) is 4.79 Å². The minimum absolute atomic E-state index is 0.204. The molecule has 0 aromatic carbocycles. The number of aromatic nitrogens is 2. The van der Waals surface area contributed by atoms with Crippen LogP contribution in [0.25, 0.3) is 0 Å². The number of carboxylic acids is 1. The second kappa shape index (κ2) is 2.56. The Morgan fingerprint density at radius 3 is 2.77 bits per heavy atom. The first kappa shape index (κ1) is 8.25. The largest absolute Gasteiger partial charge is 0.480 e. The van der Waals surface area contributed by atoms with Gasteiger partial charge < -0.3 is 14.8 Å². The summed E-state index contributed by atoms with van der Waals surface area (Å²) in [4.78, 5) is 17.9. The number of aryl methyl sites for hydroxylation is 1. The van der Waals surface area contributed by atoms with Gasteiger partial charge in [0, 0.05) is 11.9 Å². The fraction of sp³-hybridized carbons (Fsp3) is 0.500. The molecule has 0 spiro atoms. The van der Waals surface area contributed by atoms with Crippen molar-refractivity contribution >= 4 is 5.97 Å². The zero-order chi connectivity index (χ0) is 9.47. The van der Waals surface area contributed by atoms with E-state index in [0.717, 1.165) is 5.69 Å². The van der Waals surface area contributed by atoms with Gasteiger partial charge in [0.1, 0.15) is 5.82 Å². The number of nitrogens with one attached hydrogen (secondary N) is 1. The SMILES string of the molecule is Cc1cnc(C2(C(=O)O)COC2)[nH]1. The number of carboxylic acid groups (broad SMARTS) is 1. The summed E-state index contributed by atoms with van der Waals surface area (Å²) in [6.07, 6.45) is 1.62. The molecule has 0 unspecified atom stereocenters. The van der Waals surface area contributed by atoms with Gasteiger partial charge in [-0.1, -0.05) is 0 Å². The summed E-state index contributed by atoms with van der Waals surface area (Å²) >= 11 is 0. The van der Waals surface area contributed by atoms with Gasteiger partial charge in [-0.2, -0.15) is 0 Å². The van der Waals surface area contributed by atoms with E-state index in [-0.39, 0.29) is 13.2 Å². The molecule has 13 heavy (non-hydrogen) atoms. The third kappa shape index (κ3) is 1.04. The Labute approximate surface area is 74.7 Å². The number of ether oxygens (including phenoxy) is 1. The van der Waals surface area contributed by atoms with Crippen LogP contribution in [0.4, 0.5) is 0 Å². The number of aliphatic carboxylic acids is 1. The fourth-order valence-corrected chi connectivity index (χ4v) is 1.32. The molecule has 1 aliphatic rings. The molecule has 0 amide bonds. The standard InChI is InChI=1S/C8H10N2O3/c1-5-2-9-6(10-5)8(7(11)12)3-13-4-8/h2H,3-4H2,1H3,(H,9,10)(H,11,12). The van der Waals surface area contributed by atoms with Crippen LogP contribution in [-0.4, -0.2) is 34.3 Å². The molecule has 5 nitrogen and oxygen atoms in total. The lowest BCUT2D eigenvalue weighted by Gasteiger charge is -2.35. The summed E-state index contributed by atoms with van der Waals surface area (Å²) in [6.45, 7) is 2.25.